The summed E-state index contributed by atoms with van der Waals surface area (Å²) >= 11 is 10.6. The standard InChI is InChI=1S/C18H15N3O2.C16H19N3O2.C12H10N3O3P.C12H10N2O2.C11H10ClN3.C7H5ClO2/c1-13-19-12-16(17(20-13)14-8-4-2-5-9-14)21-18(22)23-15-10-6-3-7-11-15;1-11-17-10-13(19-15(20)21-16(2,3)4)14(18-11)12-8-6-5-7-9-12;13-14-15-19(16,17-11-7-3-1-4-8-11)18-12-9-5-2-6-10-12;1-8-13-7-10(12(15)16)11(14-8)9-5-3-2-4-6-9;1-8-13-7-10(15-12)11(14-8)9-5-3-2-4-6-9;8-7(9)10-6-4-2-1-3-5-6/h2-12H,1H3,(H,21,22);5-10H,1-4H3,(H,19,20);1-10H;2-7H,1H3,(H,15,16);2-7,15H,1H3;1-5H. The molecule has 8 aromatic carbocycles. The molecule has 4 aromatic heterocycles. The number of hydrogen-bond acceptors (Lipinski definition) is 19. The number of rotatable bonds is 15. The molecule has 0 saturated carbocycles. The Morgan fingerprint density at radius 3 is 1.08 bits per heavy atom. The second kappa shape index (κ2) is 40.4. The molecule has 0 aliphatic heterocycles. The van der Waals surface area contributed by atoms with E-state index in [1.54, 1.807) is 142 Å². The lowest BCUT2D eigenvalue weighted by atomic mass is 10.1. The number of ether oxygens (including phenoxy) is 3. The first-order valence-electron chi connectivity index (χ1n) is 31.4. The van der Waals surface area contributed by atoms with Crippen LogP contribution in [0, 0.1) is 27.7 Å². The molecule has 0 unspecified atom stereocenters. The minimum Gasteiger partial charge on any atom is -0.478 e. The fourth-order valence-electron chi connectivity index (χ4n) is 8.61. The third-order valence-electron chi connectivity index (χ3n) is 13.0. The smallest absolute Gasteiger partial charge is 0.478 e. The maximum atomic E-state index is 12.3. The SMILES string of the molecule is Cc1ncc(C(=O)O)c(-c2ccccc2)n1.Cc1ncc(NC(=O)OC(C)(C)C)c(-c2ccccc2)n1.Cc1ncc(NC(=O)Oc2ccccc2)c(-c2ccccc2)n1.Cc1ncc(NCl)c(-c2ccccc2)n1.O=C(Cl)Oc1ccccc1.[N-]=[N+]=NP(=O)(Oc1ccccc1)Oc1ccccc1. The molecule has 28 heteroatoms. The van der Waals surface area contributed by atoms with Gasteiger partial charge in [-0.1, -0.05) is 194 Å². The van der Waals surface area contributed by atoms with Crippen LogP contribution in [0.4, 0.5) is 31.4 Å². The van der Waals surface area contributed by atoms with E-state index in [-0.39, 0.29) is 5.56 Å². The van der Waals surface area contributed by atoms with E-state index in [1.807, 2.05) is 168 Å². The third-order valence-corrected chi connectivity index (χ3v) is 14.5. The number of carboxylic acids is 1. The number of aryl methyl sites for hydroxylation is 4. The van der Waals surface area contributed by atoms with Crippen molar-refractivity contribution < 1.29 is 52.1 Å². The second-order valence-electron chi connectivity index (χ2n) is 22.1. The second-order valence-corrected chi connectivity index (χ2v) is 24.1. The molecular weight excluding hydrogens is 1390 g/mol. The average molecular weight is 1460 g/mol. The molecule has 12 rings (SSSR count). The number of hydrogen-bond donors (Lipinski definition) is 4. The molecule has 2 amide bonds. The Balaban J connectivity index is 0.000000177. The molecule has 0 aliphatic carbocycles. The lowest BCUT2D eigenvalue weighted by molar-refractivity contribution is 0.0633. The fourth-order valence-corrected chi connectivity index (χ4v) is 9.82. The molecule has 0 atom stereocenters. The lowest BCUT2D eigenvalue weighted by Gasteiger charge is -2.20. The van der Waals surface area contributed by atoms with E-state index in [1.165, 1.54) is 6.20 Å². The van der Waals surface area contributed by atoms with Crippen molar-refractivity contribution in [3.8, 4) is 68.0 Å². The minimum atomic E-state index is -3.95. The minimum absolute atomic E-state index is 0.122. The van der Waals surface area contributed by atoms with Crippen molar-refractivity contribution in [1.82, 2.24) is 39.9 Å². The normalized spacial score (nSPS) is 10.2. The van der Waals surface area contributed by atoms with Crippen LogP contribution in [0.1, 0.15) is 54.4 Å². The van der Waals surface area contributed by atoms with Gasteiger partial charge < -0.3 is 28.4 Å². The first-order valence-corrected chi connectivity index (χ1v) is 33.6. The molecule has 0 fully saturated rings. The number of carboxylic acid groups (broad SMARTS) is 1. The topological polar surface area (TPSA) is 340 Å². The van der Waals surface area contributed by atoms with Crippen molar-refractivity contribution in [2.45, 2.75) is 54.1 Å². The Hall–Kier alpha value is -12.9. The maximum absolute atomic E-state index is 12.3. The van der Waals surface area contributed by atoms with Crippen molar-refractivity contribution >= 4 is 71.8 Å². The zero-order valence-corrected chi connectivity index (χ0v) is 59.5. The molecule has 25 nitrogen and oxygen atoms in total. The number of azide groups is 1. The van der Waals surface area contributed by atoms with Crippen LogP contribution in [0.25, 0.3) is 55.5 Å². The Labute approximate surface area is 609 Å². The Morgan fingerprint density at radius 2 is 0.740 bits per heavy atom. The van der Waals surface area contributed by atoms with Gasteiger partial charge >= 0.3 is 31.3 Å². The number of carbonyl (C=O) groups excluding carboxylic acids is 3. The van der Waals surface area contributed by atoms with Crippen LogP contribution in [-0.4, -0.2) is 74.2 Å². The molecule has 0 aliphatic rings. The van der Waals surface area contributed by atoms with Gasteiger partial charge in [-0.25, -0.2) is 63.6 Å². The van der Waals surface area contributed by atoms with Crippen LogP contribution < -0.4 is 34.0 Å². The number of benzene rings is 8. The number of para-hydroxylation sites is 4. The van der Waals surface area contributed by atoms with E-state index < -0.39 is 36.9 Å². The van der Waals surface area contributed by atoms with Crippen LogP contribution in [-0.2, 0) is 9.30 Å². The van der Waals surface area contributed by atoms with Crippen molar-refractivity contribution in [1.29, 1.82) is 0 Å². The van der Waals surface area contributed by atoms with E-state index in [2.05, 4.69) is 69.9 Å². The lowest BCUT2D eigenvalue weighted by Crippen LogP contribution is -2.27. The monoisotopic (exact) mass is 1450 g/mol. The first kappa shape index (κ1) is 78.4. The average Bonchev–Trinajstić information content (AvgIpc) is 0.838. The Morgan fingerprint density at radius 1 is 0.442 bits per heavy atom. The van der Waals surface area contributed by atoms with Crippen molar-refractivity contribution in [3.63, 3.8) is 0 Å². The molecule has 0 saturated heterocycles. The van der Waals surface area contributed by atoms with Crippen LogP contribution in [0.15, 0.2) is 272 Å². The van der Waals surface area contributed by atoms with Crippen LogP contribution in [0.2, 0.25) is 0 Å². The summed E-state index contributed by atoms with van der Waals surface area (Å²) in [5.74, 6) is 3.08. The Bertz CT molecular complexity index is 4780. The van der Waals surface area contributed by atoms with Crippen LogP contribution in [0.3, 0.4) is 0 Å². The zero-order valence-electron chi connectivity index (χ0n) is 57.1. The number of nitrogens with zero attached hydrogens (tertiary/aromatic N) is 11. The quantitative estimate of drug-likeness (QED) is 0.0185. The van der Waals surface area contributed by atoms with Crippen LogP contribution in [0.5, 0.6) is 23.0 Å². The van der Waals surface area contributed by atoms with E-state index in [0.29, 0.717) is 74.6 Å². The molecule has 0 radical (unpaired) electrons. The van der Waals surface area contributed by atoms with Crippen molar-refractivity contribution in [3.05, 3.63) is 307 Å². The molecule has 4 heterocycles. The third kappa shape index (κ3) is 27.0. The van der Waals surface area contributed by atoms with Crippen LogP contribution >= 0.6 is 31.1 Å². The summed E-state index contributed by atoms with van der Waals surface area (Å²) in [6.45, 7) is 12.6. The highest BCUT2D eigenvalue weighted by Crippen LogP contribution is 2.50. The molecule has 0 bridgehead atoms. The molecule has 104 heavy (non-hydrogen) atoms. The number of amides is 2. The van der Waals surface area contributed by atoms with Gasteiger partial charge in [0, 0.05) is 61.6 Å². The van der Waals surface area contributed by atoms with Gasteiger partial charge in [0.05, 0.1) is 58.4 Å². The van der Waals surface area contributed by atoms with E-state index in [4.69, 9.17) is 52.5 Å². The highest BCUT2D eigenvalue weighted by molar-refractivity contribution is 7.53. The predicted octanol–water partition coefficient (Wildman–Crippen LogP) is 20.0. The number of aromatic carboxylic acids is 1. The van der Waals surface area contributed by atoms with E-state index in [0.717, 1.165) is 33.8 Å². The highest BCUT2D eigenvalue weighted by atomic mass is 35.5. The van der Waals surface area contributed by atoms with Crippen molar-refractivity contribution in [2.24, 2.45) is 4.88 Å². The maximum Gasteiger partial charge on any atom is 0.525 e. The van der Waals surface area contributed by atoms with E-state index >= 15 is 0 Å². The van der Waals surface area contributed by atoms with Gasteiger partial charge in [0.15, 0.2) is 0 Å². The molecular formula is C76H69Cl2N14O11P. The highest BCUT2D eigenvalue weighted by Gasteiger charge is 2.27. The van der Waals surface area contributed by atoms with Gasteiger partial charge in [-0.2, -0.15) is 0 Å². The zero-order chi connectivity index (χ0) is 74.7. The van der Waals surface area contributed by atoms with Gasteiger partial charge in [0.25, 0.3) is 0 Å². The summed E-state index contributed by atoms with van der Waals surface area (Å²) in [5.41, 5.74) is 15.2. The van der Waals surface area contributed by atoms with E-state index in [9.17, 15) is 23.7 Å². The summed E-state index contributed by atoms with van der Waals surface area (Å²) in [6, 6.07) is 72.6. The number of carbonyl (C=O) groups is 4. The molecule has 12 aromatic rings. The predicted molar refractivity (Wildman–Crippen MR) is 400 cm³/mol. The summed E-state index contributed by atoms with van der Waals surface area (Å²) in [5, 5.41) is 14.4. The van der Waals surface area contributed by atoms with Crippen molar-refractivity contribution in [2.75, 3.05) is 15.5 Å². The van der Waals surface area contributed by atoms with Gasteiger partial charge in [-0.3, -0.25) is 15.5 Å². The summed E-state index contributed by atoms with van der Waals surface area (Å²) < 4.78 is 37.6. The largest absolute Gasteiger partial charge is 0.525 e. The first-order chi connectivity index (χ1) is 50.1. The summed E-state index contributed by atoms with van der Waals surface area (Å²) in [7, 11) is -3.95. The summed E-state index contributed by atoms with van der Waals surface area (Å²) in [4.78, 5) is 87.0. The molecule has 528 valence electrons. The van der Waals surface area contributed by atoms with Gasteiger partial charge in [0.2, 0.25) is 0 Å². The Kier molecular flexibility index (Phi) is 30.4. The fraction of sp³-hybridized carbons (Fsp3) is 0.105. The van der Waals surface area contributed by atoms with Gasteiger partial charge in [-0.05, 0) is 103 Å². The molecule has 4 N–H and O–H groups in total. The number of halogens is 2. The summed E-state index contributed by atoms with van der Waals surface area (Å²) in [6.07, 6.45) is 5.09. The number of anilines is 3. The number of aromatic nitrogens is 8. The number of nitrogens with one attached hydrogen (secondary N) is 3. The van der Waals surface area contributed by atoms with Gasteiger partial charge in [0.1, 0.15) is 57.5 Å². The molecule has 0 spiro atoms. The van der Waals surface area contributed by atoms with Gasteiger partial charge in [-0.15, -0.1) is 0 Å².